The standard InChI is InChI=1S/C63H123N2O6P/c1-6-8-10-12-14-16-18-20-22-24-26-28-30-32-34-36-38-40-42-44-46-48-50-52-54-56-62(66)61(60-71-72(68,69)70-59-58-65(3,4)5)64-63(67)57-55-53-51-49-47-45-43-41-39-37-35-33-31-29-27-25-23-21-19-17-15-13-11-9-7-2/h19,21,25,27,31,33,61-62,66H,6-18,20,22-24,26,28-30,32,34-60H2,1-5H3,(H-,64,67,68,69)/b21-19-,27-25-,33-31-. The molecule has 0 saturated carbocycles. The zero-order valence-electron chi connectivity index (χ0n) is 48.6. The molecule has 3 unspecified atom stereocenters. The average molecular weight is 1040 g/mol. The molecule has 0 aliphatic heterocycles. The van der Waals surface area contributed by atoms with Gasteiger partial charge in [0, 0.05) is 6.42 Å². The van der Waals surface area contributed by atoms with Crippen LogP contribution >= 0.6 is 7.82 Å². The summed E-state index contributed by atoms with van der Waals surface area (Å²) in [7, 11) is 1.31. The minimum absolute atomic E-state index is 0.0117. The van der Waals surface area contributed by atoms with Gasteiger partial charge in [0.15, 0.2) is 0 Å². The fourth-order valence-electron chi connectivity index (χ4n) is 9.46. The number of nitrogens with one attached hydrogen (secondary N) is 1. The zero-order valence-corrected chi connectivity index (χ0v) is 49.5. The van der Waals surface area contributed by atoms with Gasteiger partial charge >= 0.3 is 0 Å². The molecule has 0 aliphatic rings. The number of nitrogens with zero attached hydrogens (tertiary/aromatic N) is 1. The van der Waals surface area contributed by atoms with E-state index in [1.54, 1.807) is 0 Å². The Morgan fingerprint density at radius 2 is 0.806 bits per heavy atom. The van der Waals surface area contributed by atoms with Gasteiger partial charge in [0.25, 0.3) is 7.82 Å². The van der Waals surface area contributed by atoms with Crippen LogP contribution in [0.25, 0.3) is 0 Å². The second-order valence-electron chi connectivity index (χ2n) is 22.8. The van der Waals surface area contributed by atoms with Crippen LogP contribution in [0.4, 0.5) is 0 Å². The maximum atomic E-state index is 13.0. The molecule has 0 radical (unpaired) electrons. The highest BCUT2D eigenvalue weighted by Gasteiger charge is 2.24. The van der Waals surface area contributed by atoms with Gasteiger partial charge in [-0.2, -0.15) is 0 Å². The largest absolute Gasteiger partial charge is 0.756 e. The van der Waals surface area contributed by atoms with E-state index in [-0.39, 0.29) is 19.1 Å². The number of hydrogen-bond donors (Lipinski definition) is 2. The number of likely N-dealkylation sites (N-methyl/N-ethyl adjacent to an activating group) is 1. The third-order valence-electron chi connectivity index (χ3n) is 14.4. The molecule has 0 fully saturated rings. The number of amides is 1. The zero-order chi connectivity index (χ0) is 52.7. The van der Waals surface area contributed by atoms with Gasteiger partial charge in [-0.1, -0.05) is 288 Å². The third kappa shape index (κ3) is 56.4. The van der Waals surface area contributed by atoms with E-state index in [9.17, 15) is 19.4 Å². The van der Waals surface area contributed by atoms with E-state index in [4.69, 9.17) is 9.05 Å². The van der Waals surface area contributed by atoms with Crippen LogP contribution in [0.2, 0.25) is 0 Å². The first kappa shape index (κ1) is 70.7. The predicted molar refractivity (Wildman–Crippen MR) is 311 cm³/mol. The summed E-state index contributed by atoms with van der Waals surface area (Å²) in [6, 6.07) is -0.804. The maximum absolute atomic E-state index is 13.0. The van der Waals surface area contributed by atoms with Gasteiger partial charge in [0.05, 0.1) is 39.9 Å². The SMILES string of the molecule is CCCCCCC/C=C\C/C=C\C/C=C\CCCCCCCCCCCCC(=O)NC(COP(=O)([O-])OCC[N+](C)(C)C)C(O)CCCCCCCCCCCCCCCCCCCCCCCCCCC. The highest BCUT2D eigenvalue weighted by Crippen LogP contribution is 2.38. The second-order valence-corrected chi connectivity index (χ2v) is 24.2. The lowest BCUT2D eigenvalue weighted by Crippen LogP contribution is -2.46. The molecule has 0 bridgehead atoms. The molecule has 8 nitrogen and oxygen atoms in total. The van der Waals surface area contributed by atoms with E-state index in [2.05, 4.69) is 55.6 Å². The number of aliphatic hydroxyl groups excluding tert-OH is 1. The topological polar surface area (TPSA) is 108 Å². The van der Waals surface area contributed by atoms with Gasteiger partial charge < -0.3 is 28.8 Å². The van der Waals surface area contributed by atoms with E-state index in [1.807, 2.05) is 21.1 Å². The normalized spacial score (nSPS) is 14.0. The monoisotopic (exact) mass is 1030 g/mol. The number of rotatable bonds is 58. The van der Waals surface area contributed by atoms with E-state index in [0.29, 0.717) is 23.9 Å². The molecule has 426 valence electrons. The third-order valence-corrected chi connectivity index (χ3v) is 15.3. The van der Waals surface area contributed by atoms with Crippen LogP contribution in [-0.2, 0) is 18.4 Å². The Labute approximate surface area is 448 Å². The minimum atomic E-state index is -4.58. The van der Waals surface area contributed by atoms with Crippen LogP contribution in [0, 0.1) is 0 Å². The summed E-state index contributed by atoms with van der Waals surface area (Å²) < 4.78 is 23.5. The van der Waals surface area contributed by atoms with Crippen LogP contribution in [0.3, 0.4) is 0 Å². The number of aliphatic hydroxyl groups is 1. The first-order chi connectivity index (χ1) is 35.0. The van der Waals surface area contributed by atoms with E-state index in [0.717, 1.165) is 51.4 Å². The Balaban J connectivity index is 4.12. The predicted octanol–water partition coefficient (Wildman–Crippen LogP) is 18.7. The lowest BCUT2D eigenvalue weighted by molar-refractivity contribution is -0.870. The van der Waals surface area contributed by atoms with E-state index < -0.39 is 20.0 Å². The van der Waals surface area contributed by atoms with Gasteiger partial charge in [-0.3, -0.25) is 9.36 Å². The summed E-state index contributed by atoms with van der Waals surface area (Å²) in [6.45, 7) is 4.75. The van der Waals surface area contributed by atoms with Gasteiger partial charge in [-0.15, -0.1) is 0 Å². The molecule has 0 saturated heterocycles. The van der Waals surface area contributed by atoms with Crippen molar-refractivity contribution in [2.75, 3.05) is 40.9 Å². The molecule has 2 N–H and O–H groups in total. The first-order valence-corrected chi connectivity index (χ1v) is 32.8. The summed E-state index contributed by atoms with van der Waals surface area (Å²) in [5, 5.41) is 14.1. The lowest BCUT2D eigenvalue weighted by atomic mass is 10.0. The quantitative estimate of drug-likeness (QED) is 0.0272. The number of quaternary nitrogens is 1. The van der Waals surface area contributed by atoms with Gasteiger partial charge in [-0.25, -0.2) is 0 Å². The fraction of sp³-hybridized carbons (Fsp3) is 0.889. The number of phosphoric ester groups is 1. The number of unbranched alkanes of at least 4 members (excludes halogenated alkanes) is 39. The highest BCUT2D eigenvalue weighted by atomic mass is 31.2. The van der Waals surface area contributed by atoms with Crippen molar-refractivity contribution >= 4 is 13.7 Å². The fourth-order valence-corrected chi connectivity index (χ4v) is 10.2. The van der Waals surface area contributed by atoms with Crippen LogP contribution in [0.1, 0.15) is 309 Å². The molecular weight excluding hydrogens is 912 g/mol. The minimum Gasteiger partial charge on any atom is -0.756 e. The molecule has 0 spiro atoms. The first-order valence-electron chi connectivity index (χ1n) is 31.3. The number of phosphoric acid groups is 1. The van der Waals surface area contributed by atoms with Crippen molar-refractivity contribution in [2.24, 2.45) is 0 Å². The van der Waals surface area contributed by atoms with Crippen molar-refractivity contribution in [3.05, 3.63) is 36.5 Å². The molecule has 0 heterocycles. The van der Waals surface area contributed by atoms with Crippen molar-refractivity contribution in [2.45, 2.75) is 321 Å². The highest BCUT2D eigenvalue weighted by molar-refractivity contribution is 7.45. The molecule has 0 rings (SSSR count). The number of hydrogen-bond acceptors (Lipinski definition) is 6. The number of carbonyl (C=O) groups excluding carboxylic acids is 1. The maximum Gasteiger partial charge on any atom is 0.268 e. The molecule has 0 aromatic heterocycles. The average Bonchev–Trinajstić information content (AvgIpc) is 3.34. The van der Waals surface area contributed by atoms with Gasteiger partial charge in [0.2, 0.25) is 5.91 Å². The van der Waals surface area contributed by atoms with Crippen LogP contribution < -0.4 is 10.2 Å². The second kappa shape index (κ2) is 54.5. The molecule has 0 aromatic rings. The van der Waals surface area contributed by atoms with Crippen molar-refractivity contribution < 1.29 is 32.9 Å². The Morgan fingerprint density at radius 1 is 0.486 bits per heavy atom. The molecule has 0 aliphatic carbocycles. The van der Waals surface area contributed by atoms with Crippen molar-refractivity contribution in [1.82, 2.24) is 5.32 Å². The smallest absolute Gasteiger partial charge is 0.268 e. The molecule has 9 heteroatoms. The molecule has 0 aromatic carbocycles. The van der Waals surface area contributed by atoms with E-state index in [1.165, 1.54) is 231 Å². The summed E-state index contributed by atoms with van der Waals surface area (Å²) >= 11 is 0. The van der Waals surface area contributed by atoms with Crippen LogP contribution in [-0.4, -0.2) is 68.5 Å². The van der Waals surface area contributed by atoms with Crippen LogP contribution in [0.15, 0.2) is 36.5 Å². The number of carbonyl (C=O) groups is 1. The molecular formula is C63H123N2O6P. The summed E-state index contributed by atoms with van der Waals surface area (Å²) in [6.07, 6.45) is 70.4. The van der Waals surface area contributed by atoms with Crippen molar-refractivity contribution in [1.29, 1.82) is 0 Å². The van der Waals surface area contributed by atoms with Crippen LogP contribution in [0.5, 0.6) is 0 Å². The summed E-state index contributed by atoms with van der Waals surface area (Å²) in [4.78, 5) is 25.6. The van der Waals surface area contributed by atoms with Crippen molar-refractivity contribution in [3.8, 4) is 0 Å². The molecule has 3 atom stereocenters. The van der Waals surface area contributed by atoms with Gasteiger partial charge in [0.1, 0.15) is 13.2 Å². The Morgan fingerprint density at radius 3 is 1.17 bits per heavy atom. The summed E-state index contributed by atoms with van der Waals surface area (Å²) in [5.74, 6) is -0.165. The Hall–Kier alpha value is -1.28. The molecule has 1 amide bonds. The molecule has 72 heavy (non-hydrogen) atoms. The van der Waals surface area contributed by atoms with E-state index >= 15 is 0 Å². The summed E-state index contributed by atoms with van der Waals surface area (Å²) in [5.41, 5.74) is 0. The van der Waals surface area contributed by atoms with Crippen molar-refractivity contribution in [3.63, 3.8) is 0 Å². The number of allylic oxidation sites excluding steroid dienone is 6. The van der Waals surface area contributed by atoms with Gasteiger partial charge in [-0.05, 0) is 51.4 Å². The Kier molecular flexibility index (Phi) is 53.5. The lowest BCUT2D eigenvalue weighted by Gasteiger charge is -2.30. The Bertz CT molecular complexity index is 1270.